The summed E-state index contributed by atoms with van der Waals surface area (Å²) in [5, 5.41) is 14.2. The van der Waals surface area contributed by atoms with Gasteiger partial charge in [0.1, 0.15) is 40.5 Å². The highest BCUT2D eigenvalue weighted by atomic mass is 16.3. The quantitative estimate of drug-likeness (QED) is 0.188. The van der Waals surface area contributed by atoms with Crippen LogP contribution in [0.1, 0.15) is 29.0 Å². The molecule has 5 nitrogen and oxygen atoms in total. The van der Waals surface area contributed by atoms with Crippen molar-refractivity contribution in [3.05, 3.63) is 193 Å². The second-order valence-electron chi connectivity index (χ2n) is 14.0. The minimum Gasteiger partial charge on any atom is -0.456 e. The Balaban J connectivity index is 1.02. The first-order chi connectivity index (χ1) is 26.7. The molecule has 2 N–H and O–H groups in total. The predicted octanol–water partition coefficient (Wildman–Crippen LogP) is 12.3. The summed E-state index contributed by atoms with van der Waals surface area (Å²) in [6.07, 6.45) is -0.373. The molecule has 10 aromatic rings. The van der Waals surface area contributed by atoms with Crippen LogP contribution in [-0.4, -0.2) is 5.84 Å². The molecule has 0 saturated carbocycles. The predicted molar refractivity (Wildman–Crippen MR) is 221 cm³/mol. The van der Waals surface area contributed by atoms with Crippen molar-refractivity contribution in [3.8, 4) is 22.3 Å². The van der Waals surface area contributed by atoms with Gasteiger partial charge in [-0.2, -0.15) is 0 Å². The number of amidine groups is 1. The first-order valence-corrected chi connectivity index (χ1v) is 18.3. The molecule has 256 valence electrons. The van der Waals surface area contributed by atoms with Gasteiger partial charge in [0, 0.05) is 38.2 Å². The van der Waals surface area contributed by atoms with Crippen molar-refractivity contribution >= 4 is 60.5 Å². The zero-order valence-electron chi connectivity index (χ0n) is 29.2. The first-order valence-electron chi connectivity index (χ1n) is 18.3. The Labute approximate surface area is 311 Å². The standard InChI is InChI=1S/C49H33N3O2/c1-3-13-31(14-4-1)47-50-48(32-15-5-2-6-16-32)52-49(51-47)35-18-9-17-33(28-35)37-20-10-22-39-40-23-11-21-38(46(40)54-45(37)39)34-25-26-42-41(29-34)44-36-19-8-7-12-30(36)24-27-43(44)53-42/h1-29,47,49,51H,(H,50,52). The molecule has 1 aliphatic heterocycles. The molecular weight excluding hydrogens is 663 g/mol. The summed E-state index contributed by atoms with van der Waals surface area (Å²) in [5.41, 5.74) is 11.0. The molecule has 0 bridgehead atoms. The topological polar surface area (TPSA) is 62.7 Å². The van der Waals surface area contributed by atoms with Gasteiger partial charge in [0.05, 0.1) is 0 Å². The Kier molecular flexibility index (Phi) is 7.00. The maximum absolute atomic E-state index is 6.93. The summed E-state index contributed by atoms with van der Waals surface area (Å²) < 4.78 is 13.3. The van der Waals surface area contributed by atoms with Crippen molar-refractivity contribution < 1.29 is 8.83 Å². The highest BCUT2D eigenvalue weighted by Crippen LogP contribution is 2.42. The average molecular weight is 696 g/mol. The van der Waals surface area contributed by atoms with E-state index in [4.69, 9.17) is 13.8 Å². The van der Waals surface area contributed by atoms with Gasteiger partial charge in [-0.05, 0) is 57.3 Å². The normalized spacial score (nSPS) is 16.0. The van der Waals surface area contributed by atoms with Crippen LogP contribution in [0.4, 0.5) is 0 Å². The lowest BCUT2D eigenvalue weighted by molar-refractivity contribution is 0.409. The minimum atomic E-state index is -0.265. The van der Waals surface area contributed by atoms with Crippen molar-refractivity contribution in [1.82, 2.24) is 10.6 Å². The molecule has 11 rings (SSSR count). The fourth-order valence-electron chi connectivity index (χ4n) is 8.16. The van der Waals surface area contributed by atoms with Crippen molar-refractivity contribution in [2.45, 2.75) is 12.3 Å². The van der Waals surface area contributed by atoms with E-state index in [-0.39, 0.29) is 12.3 Å². The van der Waals surface area contributed by atoms with Gasteiger partial charge in [-0.25, -0.2) is 4.99 Å². The van der Waals surface area contributed by atoms with Crippen molar-refractivity contribution in [3.63, 3.8) is 0 Å². The van der Waals surface area contributed by atoms with Crippen LogP contribution in [-0.2, 0) is 0 Å². The van der Waals surface area contributed by atoms with E-state index in [0.29, 0.717) is 0 Å². The largest absolute Gasteiger partial charge is 0.456 e. The second kappa shape index (κ2) is 12.3. The minimum absolute atomic E-state index is 0.109. The molecule has 3 heterocycles. The molecule has 8 aromatic carbocycles. The molecule has 2 unspecified atom stereocenters. The van der Waals surface area contributed by atoms with Crippen LogP contribution in [0.3, 0.4) is 0 Å². The van der Waals surface area contributed by atoms with Gasteiger partial charge < -0.3 is 14.2 Å². The van der Waals surface area contributed by atoms with E-state index in [0.717, 1.165) is 88.7 Å². The number of hydrogen-bond donors (Lipinski definition) is 2. The SMILES string of the molecule is c1ccc(C2=NC(c3cccc(-c4cccc5c4oc4c(-c6ccc7oc8ccc9ccccc9c8c7c6)cccc45)c3)NC(c3ccccc3)N2)cc1. The summed E-state index contributed by atoms with van der Waals surface area (Å²) >= 11 is 0. The fourth-order valence-corrected chi connectivity index (χ4v) is 8.16. The van der Waals surface area contributed by atoms with Crippen LogP contribution in [0.15, 0.2) is 190 Å². The third-order valence-corrected chi connectivity index (χ3v) is 10.8. The molecule has 2 atom stereocenters. The van der Waals surface area contributed by atoms with Gasteiger partial charge in [-0.1, -0.05) is 152 Å². The lowest BCUT2D eigenvalue weighted by Crippen LogP contribution is -2.44. The lowest BCUT2D eigenvalue weighted by Gasteiger charge is -2.32. The number of aliphatic imine (C=N–C) groups is 1. The summed E-state index contributed by atoms with van der Waals surface area (Å²) in [6, 6.07) is 61.5. The summed E-state index contributed by atoms with van der Waals surface area (Å²) in [5.74, 6) is 0.861. The molecule has 54 heavy (non-hydrogen) atoms. The molecule has 5 heteroatoms. The molecule has 0 spiro atoms. The molecule has 0 radical (unpaired) electrons. The Bertz CT molecular complexity index is 3070. The molecular formula is C49H33N3O2. The average Bonchev–Trinajstić information content (AvgIpc) is 3.83. The third-order valence-electron chi connectivity index (χ3n) is 10.8. The van der Waals surface area contributed by atoms with Crippen LogP contribution >= 0.6 is 0 Å². The zero-order valence-corrected chi connectivity index (χ0v) is 29.2. The highest BCUT2D eigenvalue weighted by molar-refractivity contribution is 6.20. The molecule has 0 saturated heterocycles. The molecule has 0 aliphatic carbocycles. The smallest absolute Gasteiger partial charge is 0.143 e. The zero-order chi connectivity index (χ0) is 35.6. The number of fused-ring (bicyclic) bond motifs is 8. The van der Waals surface area contributed by atoms with Gasteiger partial charge in [0.25, 0.3) is 0 Å². The summed E-state index contributed by atoms with van der Waals surface area (Å²) in [6.45, 7) is 0. The van der Waals surface area contributed by atoms with E-state index < -0.39 is 0 Å². The van der Waals surface area contributed by atoms with Crippen LogP contribution in [0, 0.1) is 0 Å². The van der Waals surface area contributed by atoms with Crippen LogP contribution < -0.4 is 10.6 Å². The van der Waals surface area contributed by atoms with E-state index in [2.05, 4.69) is 162 Å². The lowest BCUT2D eigenvalue weighted by atomic mass is 9.97. The second-order valence-corrected chi connectivity index (χ2v) is 14.0. The maximum Gasteiger partial charge on any atom is 0.143 e. The van der Waals surface area contributed by atoms with Gasteiger partial charge in [-0.3, -0.25) is 5.32 Å². The monoisotopic (exact) mass is 695 g/mol. The van der Waals surface area contributed by atoms with Gasteiger partial charge in [0.2, 0.25) is 0 Å². The van der Waals surface area contributed by atoms with Crippen molar-refractivity contribution in [2.24, 2.45) is 4.99 Å². The van der Waals surface area contributed by atoms with Gasteiger partial charge >= 0.3 is 0 Å². The fraction of sp³-hybridized carbons (Fsp3) is 0.0408. The molecule has 0 amide bonds. The Morgan fingerprint density at radius 1 is 0.444 bits per heavy atom. The number of para-hydroxylation sites is 2. The van der Waals surface area contributed by atoms with Gasteiger partial charge in [-0.15, -0.1) is 0 Å². The van der Waals surface area contributed by atoms with Crippen molar-refractivity contribution in [1.29, 1.82) is 0 Å². The number of benzene rings is 8. The Morgan fingerprint density at radius 3 is 1.87 bits per heavy atom. The van der Waals surface area contributed by atoms with E-state index in [1.807, 2.05) is 24.3 Å². The number of rotatable bonds is 5. The van der Waals surface area contributed by atoms with E-state index in [9.17, 15) is 0 Å². The Hall–Kier alpha value is -6.95. The summed E-state index contributed by atoms with van der Waals surface area (Å²) in [4.78, 5) is 5.19. The number of hydrogen-bond acceptors (Lipinski definition) is 5. The van der Waals surface area contributed by atoms with Gasteiger partial charge in [0.15, 0.2) is 0 Å². The number of nitrogens with zero attached hydrogens (tertiary/aromatic N) is 1. The molecule has 1 aliphatic rings. The molecule has 0 fully saturated rings. The number of furan rings is 2. The van der Waals surface area contributed by atoms with Crippen LogP contribution in [0.5, 0.6) is 0 Å². The van der Waals surface area contributed by atoms with E-state index in [1.165, 1.54) is 10.8 Å². The molecule has 2 aromatic heterocycles. The first kappa shape index (κ1) is 30.7. The van der Waals surface area contributed by atoms with E-state index in [1.54, 1.807) is 0 Å². The van der Waals surface area contributed by atoms with Crippen LogP contribution in [0.25, 0.3) is 76.9 Å². The van der Waals surface area contributed by atoms with Crippen molar-refractivity contribution in [2.75, 3.05) is 0 Å². The maximum atomic E-state index is 6.93. The Morgan fingerprint density at radius 2 is 1.07 bits per heavy atom. The summed E-state index contributed by atoms with van der Waals surface area (Å²) in [7, 11) is 0. The highest BCUT2D eigenvalue weighted by Gasteiger charge is 2.26. The third kappa shape index (κ3) is 5.01. The van der Waals surface area contributed by atoms with E-state index >= 15 is 0 Å². The number of nitrogens with one attached hydrogen (secondary N) is 2. The van der Waals surface area contributed by atoms with Crippen LogP contribution in [0.2, 0.25) is 0 Å².